The lowest BCUT2D eigenvalue weighted by molar-refractivity contribution is -0.274. The average molecular weight is 702 g/mol. The van der Waals surface area contributed by atoms with Crippen LogP contribution in [0, 0.1) is 0 Å². The second-order valence-electron chi connectivity index (χ2n) is 12.7. The number of alkyl carbamates (subject to hydrolysis) is 1. The summed E-state index contributed by atoms with van der Waals surface area (Å²) in [6.45, 7) is 4.21. The summed E-state index contributed by atoms with van der Waals surface area (Å²) >= 11 is 0. The molecule has 48 heavy (non-hydrogen) atoms. The van der Waals surface area contributed by atoms with Crippen molar-refractivity contribution < 1.29 is 53.8 Å². The zero-order valence-electron chi connectivity index (χ0n) is 26.2. The molecule has 2 atom stereocenters. The number of halogens is 5. The molecular weight excluding hydrogens is 669 g/mol. The van der Waals surface area contributed by atoms with Gasteiger partial charge in [0.2, 0.25) is 11.8 Å². The van der Waals surface area contributed by atoms with Crippen LogP contribution in [0.2, 0.25) is 0 Å². The first kappa shape index (κ1) is 35.0. The Morgan fingerprint density at radius 2 is 1.79 bits per heavy atom. The number of anilines is 1. The first-order chi connectivity index (χ1) is 22.2. The fraction of sp³-hybridized carbons (Fsp3) is 0.467. The van der Waals surface area contributed by atoms with Crippen molar-refractivity contribution in [3.63, 3.8) is 0 Å². The quantitative estimate of drug-likeness (QED) is 0.353. The van der Waals surface area contributed by atoms with Crippen LogP contribution in [-0.4, -0.2) is 85.3 Å². The number of alkyl halides is 5. The SMILES string of the molecule is CN1CC(c2nnc(-c3ccc4c(c3)N(Cc3ccc(OC(F)(F)F)cc3)C(=O)[C@@H](NC(=O)OC(C)(C)C)CS4(=O)=O)o2)CC(F)(F)C1. The number of ether oxygens (including phenoxy) is 2. The zero-order valence-corrected chi connectivity index (χ0v) is 27.0. The van der Waals surface area contributed by atoms with E-state index in [9.17, 15) is 40.0 Å². The van der Waals surface area contributed by atoms with E-state index in [0.717, 1.165) is 17.0 Å². The number of carbonyl (C=O) groups excluding carboxylic acids is 2. The summed E-state index contributed by atoms with van der Waals surface area (Å²) in [6, 6.07) is 6.81. The van der Waals surface area contributed by atoms with E-state index >= 15 is 0 Å². The number of benzene rings is 2. The Balaban J connectivity index is 1.53. The number of nitrogens with zero attached hydrogens (tertiary/aromatic N) is 4. The first-order valence-corrected chi connectivity index (χ1v) is 16.3. The summed E-state index contributed by atoms with van der Waals surface area (Å²) in [7, 11) is -2.73. The number of hydrogen-bond donors (Lipinski definition) is 1. The van der Waals surface area contributed by atoms with Gasteiger partial charge in [-0.3, -0.25) is 9.69 Å². The maximum atomic E-state index is 14.2. The molecular formula is C30H32F5N5O7S. The minimum atomic E-state index is -4.94. The lowest BCUT2D eigenvalue weighted by Gasteiger charge is -2.33. The Kier molecular flexibility index (Phi) is 9.19. The van der Waals surface area contributed by atoms with E-state index in [-0.39, 0.29) is 46.6 Å². The van der Waals surface area contributed by atoms with Gasteiger partial charge in [-0.15, -0.1) is 23.4 Å². The third-order valence-corrected chi connectivity index (χ3v) is 9.13. The van der Waals surface area contributed by atoms with Gasteiger partial charge < -0.3 is 24.1 Å². The van der Waals surface area contributed by atoms with Crippen LogP contribution in [-0.2, 0) is 25.9 Å². The van der Waals surface area contributed by atoms with Crippen LogP contribution >= 0.6 is 0 Å². The van der Waals surface area contributed by atoms with Crippen LogP contribution in [0.5, 0.6) is 5.75 Å². The lowest BCUT2D eigenvalue weighted by Crippen LogP contribution is -2.51. The van der Waals surface area contributed by atoms with Crippen molar-refractivity contribution in [2.45, 2.75) is 68.5 Å². The summed E-state index contributed by atoms with van der Waals surface area (Å²) in [5.41, 5.74) is -0.679. The number of rotatable bonds is 6. The predicted octanol–water partition coefficient (Wildman–Crippen LogP) is 4.90. The number of likely N-dealkylation sites (N-methyl/N-ethyl adjacent to an activating group) is 1. The van der Waals surface area contributed by atoms with Gasteiger partial charge in [-0.1, -0.05) is 12.1 Å². The van der Waals surface area contributed by atoms with E-state index in [1.165, 1.54) is 42.3 Å². The Hall–Kier alpha value is -4.32. The molecule has 2 amide bonds. The molecule has 2 aromatic carbocycles. The fourth-order valence-electron chi connectivity index (χ4n) is 5.51. The number of fused-ring (bicyclic) bond motifs is 1. The van der Waals surface area contributed by atoms with Gasteiger partial charge in [0.05, 0.1) is 35.3 Å². The molecule has 2 aliphatic rings. The maximum absolute atomic E-state index is 14.2. The Morgan fingerprint density at radius 3 is 2.42 bits per heavy atom. The van der Waals surface area contributed by atoms with Gasteiger partial charge in [0.1, 0.15) is 17.4 Å². The van der Waals surface area contributed by atoms with Crippen LogP contribution in [0.1, 0.15) is 44.6 Å². The molecule has 1 saturated heterocycles. The highest BCUT2D eigenvalue weighted by Crippen LogP contribution is 2.38. The van der Waals surface area contributed by atoms with Crippen LogP contribution < -0.4 is 15.0 Å². The number of piperidine rings is 1. The van der Waals surface area contributed by atoms with Gasteiger partial charge >= 0.3 is 12.5 Å². The monoisotopic (exact) mass is 701 g/mol. The van der Waals surface area contributed by atoms with Crippen LogP contribution in [0.4, 0.5) is 32.4 Å². The largest absolute Gasteiger partial charge is 0.573 e. The van der Waals surface area contributed by atoms with Crippen molar-refractivity contribution in [3.05, 3.63) is 53.9 Å². The number of hydrogen-bond acceptors (Lipinski definition) is 10. The van der Waals surface area contributed by atoms with Crippen molar-refractivity contribution in [2.75, 3.05) is 30.8 Å². The first-order valence-electron chi connectivity index (χ1n) is 14.6. The molecule has 1 N–H and O–H groups in total. The van der Waals surface area contributed by atoms with Gasteiger partial charge in [0.15, 0.2) is 9.84 Å². The topological polar surface area (TPSA) is 144 Å². The highest BCUT2D eigenvalue weighted by atomic mass is 32.2. The molecule has 0 bridgehead atoms. The minimum absolute atomic E-state index is 0.0467. The molecule has 3 heterocycles. The van der Waals surface area contributed by atoms with Crippen LogP contribution in [0.25, 0.3) is 11.5 Å². The summed E-state index contributed by atoms with van der Waals surface area (Å²) < 4.78 is 109. The van der Waals surface area contributed by atoms with E-state index in [1.54, 1.807) is 20.8 Å². The Bertz CT molecular complexity index is 1790. The molecule has 0 saturated carbocycles. The van der Waals surface area contributed by atoms with Gasteiger partial charge in [0.25, 0.3) is 11.8 Å². The summed E-state index contributed by atoms with van der Waals surface area (Å²) in [6.07, 6.45) is -6.49. The second kappa shape index (κ2) is 12.6. The molecule has 1 fully saturated rings. The standard InChI is InChI=1S/C30H32F5N5O7S/c1-28(2,3)47-27(42)36-21-15-48(43,44)23-10-7-18(24-37-38-25(45-24)19-12-29(31,32)16-39(4)14-19)11-22(23)40(26(21)41)13-17-5-8-20(9-6-17)46-30(33,34)35/h5-11,19,21H,12-16H2,1-4H3,(H,36,42)/t19?,21-/m0/s1. The Labute approximate surface area is 272 Å². The number of aromatic nitrogens is 2. The fourth-order valence-corrected chi connectivity index (χ4v) is 7.12. The van der Waals surface area contributed by atoms with Gasteiger partial charge in [-0.25, -0.2) is 22.0 Å². The van der Waals surface area contributed by atoms with Gasteiger partial charge in [-0.05, 0) is 63.7 Å². The van der Waals surface area contributed by atoms with Crippen LogP contribution in [0.3, 0.4) is 0 Å². The number of amides is 2. The van der Waals surface area contributed by atoms with Crippen molar-refractivity contribution in [2.24, 2.45) is 0 Å². The van der Waals surface area contributed by atoms with Crippen molar-refractivity contribution in [1.29, 1.82) is 0 Å². The lowest BCUT2D eigenvalue weighted by atomic mass is 9.95. The highest BCUT2D eigenvalue weighted by molar-refractivity contribution is 7.91. The smallest absolute Gasteiger partial charge is 0.444 e. The molecule has 5 rings (SSSR count). The number of carbonyl (C=O) groups is 2. The summed E-state index contributed by atoms with van der Waals surface area (Å²) in [4.78, 5) is 28.8. The normalized spacial score (nSPS) is 21.3. The minimum Gasteiger partial charge on any atom is -0.444 e. The molecule has 2 aliphatic heterocycles. The molecule has 3 aromatic rings. The van der Waals surface area contributed by atoms with Crippen LogP contribution in [0.15, 0.2) is 51.8 Å². The molecule has 0 aliphatic carbocycles. The van der Waals surface area contributed by atoms with Gasteiger partial charge in [0, 0.05) is 18.5 Å². The molecule has 1 unspecified atom stereocenters. The van der Waals surface area contributed by atoms with E-state index in [4.69, 9.17) is 9.15 Å². The van der Waals surface area contributed by atoms with Crippen molar-refractivity contribution in [1.82, 2.24) is 20.4 Å². The summed E-state index contributed by atoms with van der Waals surface area (Å²) in [5.74, 6) is -6.15. The molecule has 18 heteroatoms. The molecule has 0 spiro atoms. The Morgan fingerprint density at radius 1 is 1.10 bits per heavy atom. The molecule has 1 aromatic heterocycles. The maximum Gasteiger partial charge on any atom is 0.573 e. The molecule has 0 radical (unpaired) electrons. The predicted molar refractivity (Wildman–Crippen MR) is 159 cm³/mol. The number of sulfone groups is 1. The highest BCUT2D eigenvalue weighted by Gasteiger charge is 2.42. The van der Waals surface area contributed by atoms with E-state index in [2.05, 4.69) is 20.3 Å². The van der Waals surface area contributed by atoms with E-state index in [1.807, 2.05) is 0 Å². The third-order valence-electron chi connectivity index (χ3n) is 7.34. The van der Waals surface area contributed by atoms with Crippen molar-refractivity contribution >= 4 is 27.5 Å². The van der Waals surface area contributed by atoms with Gasteiger partial charge in [-0.2, -0.15) is 0 Å². The summed E-state index contributed by atoms with van der Waals surface area (Å²) in [5, 5.41) is 10.3. The van der Waals surface area contributed by atoms with E-state index in [0.29, 0.717) is 0 Å². The number of likely N-dealkylation sites (tertiary alicyclic amines) is 1. The molecule has 260 valence electrons. The zero-order chi connectivity index (χ0) is 35.2. The second-order valence-corrected chi connectivity index (χ2v) is 14.7. The molecule has 12 nitrogen and oxygen atoms in total. The number of nitrogens with one attached hydrogen (secondary N) is 1. The third kappa shape index (κ3) is 8.39. The average Bonchev–Trinajstić information content (AvgIpc) is 3.41. The van der Waals surface area contributed by atoms with Crippen molar-refractivity contribution in [3.8, 4) is 17.2 Å². The van der Waals surface area contributed by atoms with E-state index < -0.39 is 76.2 Å².